The molecule has 0 atom stereocenters. The lowest BCUT2D eigenvalue weighted by Crippen LogP contribution is -2.48. The number of hydrogen-bond acceptors (Lipinski definition) is 5. The van der Waals surface area contributed by atoms with Crippen LogP contribution in [0.2, 0.25) is 0 Å². The maximum atomic E-state index is 12.9. The predicted octanol–water partition coefficient (Wildman–Crippen LogP) is 1.62. The van der Waals surface area contributed by atoms with E-state index >= 15 is 0 Å². The second-order valence-corrected chi connectivity index (χ2v) is 9.34. The Bertz CT molecular complexity index is 1060. The molecule has 2 N–H and O–H groups in total. The van der Waals surface area contributed by atoms with Crippen molar-refractivity contribution in [1.29, 1.82) is 0 Å². The average Bonchev–Trinajstić information content (AvgIpc) is 3.73. The van der Waals surface area contributed by atoms with Gasteiger partial charge in [0.25, 0.3) is 11.8 Å². The highest BCUT2D eigenvalue weighted by atomic mass is 16.2. The van der Waals surface area contributed by atoms with Gasteiger partial charge in [0.2, 0.25) is 5.91 Å². The third-order valence-electron chi connectivity index (χ3n) is 6.41. The van der Waals surface area contributed by atoms with E-state index in [9.17, 15) is 14.4 Å². The maximum Gasteiger partial charge on any atom is 0.274 e. The third kappa shape index (κ3) is 5.24. The molecule has 5 rings (SSSR count). The summed E-state index contributed by atoms with van der Waals surface area (Å²) in [7, 11) is 1.72. The Hall–Kier alpha value is -3.20. The number of aromatic nitrogens is 2. The summed E-state index contributed by atoms with van der Waals surface area (Å²) in [5.74, 6) is 0.0485. The van der Waals surface area contributed by atoms with Crippen LogP contribution in [0.1, 0.15) is 52.1 Å². The van der Waals surface area contributed by atoms with Crippen LogP contribution < -0.4 is 10.6 Å². The van der Waals surface area contributed by atoms with Gasteiger partial charge in [-0.2, -0.15) is 5.10 Å². The number of carbonyl (C=O) groups excluding carboxylic acids is 3. The van der Waals surface area contributed by atoms with E-state index in [1.54, 1.807) is 19.3 Å². The summed E-state index contributed by atoms with van der Waals surface area (Å²) in [4.78, 5) is 41.9. The number of anilines is 1. The van der Waals surface area contributed by atoms with Gasteiger partial charge in [-0.1, -0.05) is 12.1 Å². The van der Waals surface area contributed by atoms with E-state index < -0.39 is 0 Å². The van der Waals surface area contributed by atoms with Crippen molar-refractivity contribution in [3.63, 3.8) is 0 Å². The van der Waals surface area contributed by atoms with E-state index in [2.05, 4.69) is 20.6 Å². The normalized spacial score (nSPS) is 18.8. The van der Waals surface area contributed by atoms with Crippen molar-refractivity contribution in [1.82, 2.24) is 24.9 Å². The van der Waals surface area contributed by atoms with Gasteiger partial charge in [-0.15, -0.1) is 0 Å². The van der Waals surface area contributed by atoms with E-state index in [0.29, 0.717) is 17.2 Å². The Kier molecular flexibility index (Phi) is 5.88. The molecule has 9 nitrogen and oxygen atoms in total. The van der Waals surface area contributed by atoms with Gasteiger partial charge in [0.15, 0.2) is 5.69 Å². The van der Waals surface area contributed by atoms with E-state index in [-0.39, 0.29) is 29.5 Å². The fourth-order valence-electron chi connectivity index (χ4n) is 4.21. The minimum atomic E-state index is -0.273. The molecule has 2 aliphatic carbocycles. The molecule has 3 fully saturated rings. The van der Waals surface area contributed by atoms with Gasteiger partial charge in [-0.25, -0.2) is 0 Å². The zero-order valence-corrected chi connectivity index (χ0v) is 18.9. The number of aryl methyl sites for hydroxylation is 1. The minimum Gasteiger partial charge on any atom is -0.348 e. The Labute approximate surface area is 193 Å². The van der Waals surface area contributed by atoms with E-state index in [1.807, 2.05) is 23.1 Å². The topological polar surface area (TPSA) is 99.6 Å². The molecule has 2 aromatic rings. The summed E-state index contributed by atoms with van der Waals surface area (Å²) >= 11 is 0. The lowest BCUT2D eigenvalue weighted by atomic mass is 10.1. The van der Waals surface area contributed by atoms with Crippen molar-refractivity contribution in [2.45, 2.75) is 38.3 Å². The van der Waals surface area contributed by atoms with E-state index in [4.69, 9.17) is 0 Å². The number of nitrogens with one attached hydrogen (secondary N) is 2. The first-order valence-corrected chi connectivity index (χ1v) is 11.7. The molecular weight excluding hydrogens is 420 g/mol. The first-order chi connectivity index (χ1) is 16.0. The van der Waals surface area contributed by atoms with Crippen LogP contribution in [0.5, 0.6) is 0 Å². The van der Waals surface area contributed by atoms with Gasteiger partial charge in [0, 0.05) is 63.5 Å². The fraction of sp³-hybridized carbons (Fsp3) is 0.500. The summed E-state index contributed by atoms with van der Waals surface area (Å²) in [6.07, 6.45) is 5.70. The summed E-state index contributed by atoms with van der Waals surface area (Å²) in [6, 6.07) is 7.76. The average molecular weight is 451 g/mol. The number of carbonyl (C=O) groups is 3. The van der Waals surface area contributed by atoms with Crippen LogP contribution in [-0.4, -0.2) is 69.5 Å². The van der Waals surface area contributed by atoms with E-state index in [0.717, 1.165) is 64.0 Å². The van der Waals surface area contributed by atoms with Crippen molar-refractivity contribution in [3.8, 4) is 0 Å². The SMILES string of the molecule is Cn1cc(NC(=O)c2cccc(CN3CCN(C(=O)C4CC4)CC3)c2)c(C(=O)NC2CC2)n1. The van der Waals surface area contributed by atoms with Gasteiger partial charge >= 0.3 is 0 Å². The Morgan fingerprint density at radius 2 is 1.79 bits per heavy atom. The predicted molar refractivity (Wildman–Crippen MR) is 123 cm³/mol. The molecule has 1 aliphatic heterocycles. The molecular formula is C24H30N6O3. The Morgan fingerprint density at radius 3 is 2.48 bits per heavy atom. The highest BCUT2D eigenvalue weighted by Crippen LogP contribution is 2.31. The molecule has 0 radical (unpaired) electrons. The van der Waals surface area contributed by atoms with Crippen molar-refractivity contribution in [3.05, 3.63) is 47.3 Å². The number of benzene rings is 1. The summed E-state index contributed by atoms with van der Waals surface area (Å²) < 4.78 is 1.53. The maximum absolute atomic E-state index is 12.9. The molecule has 33 heavy (non-hydrogen) atoms. The van der Waals surface area contributed by atoms with Crippen LogP contribution in [0, 0.1) is 5.92 Å². The molecule has 174 valence electrons. The van der Waals surface area contributed by atoms with Gasteiger partial charge in [-0.05, 0) is 43.4 Å². The van der Waals surface area contributed by atoms with E-state index in [1.165, 1.54) is 4.68 Å². The molecule has 0 bridgehead atoms. The van der Waals surface area contributed by atoms with Crippen molar-refractivity contribution < 1.29 is 14.4 Å². The summed E-state index contributed by atoms with van der Waals surface area (Å²) in [5.41, 5.74) is 2.21. The number of amides is 3. The quantitative estimate of drug-likeness (QED) is 0.668. The van der Waals surface area contributed by atoms with Crippen molar-refractivity contribution in [2.75, 3.05) is 31.5 Å². The van der Waals surface area contributed by atoms with Crippen LogP contribution in [0.15, 0.2) is 30.5 Å². The molecule has 1 saturated heterocycles. The van der Waals surface area contributed by atoms with Crippen molar-refractivity contribution in [2.24, 2.45) is 13.0 Å². The van der Waals surface area contributed by atoms with Crippen LogP contribution in [0.25, 0.3) is 0 Å². The van der Waals surface area contributed by atoms with Gasteiger partial charge in [-0.3, -0.25) is 24.0 Å². The molecule has 3 aliphatic rings. The summed E-state index contributed by atoms with van der Waals surface area (Å²) in [5, 5.41) is 9.98. The second-order valence-electron chi connectivity index (χ2n) is 9.34. The number of rotatable bonds is 7. The largest absolute Gasteiger partial charge is 0.348 e. The number of nitrogens with zero attached hydrogens (tertiary/aromatic N) is 4. The molecule has 9 heteroatoms. The molecule has 1 aromatic heterocycles. The molecule has 0 unspecified atom stereocenters. The summed E-state index contributed by atoms with van der Waals surface area (Å²) in [6.45, 7) is 3.94. The standard InChI is InChI=1S/C24H30N6O3/c1-28-15-20(21(27-28)23(32)25-19-7-8-19)26-22(31)18-4-2-3-16(13-18)14-29-9-11-30(12-10-29)24(33)17-5-6-17/h2-4,13,15,17,19H,5-12,14H2,1H3,(H,25,32)(H,26,31). The van der Waals surface area contributed by atoms with Gasteiger partial charge in [0.05, 0.1) is 5.69 Å². The smallest absolute Gasteiger partial charge is 0.274 e. The molecule has 1 aromatic carbocycles. The van der Waals surface area contributed by atoms with Crippen LogP contribution in [0.3, 0.4) is 0 Å². The molecule has 3 amide bonds. The fourth-order valence-corrected chi connectivity index (χ4v) is 4.21. The molecule has 2 heterocycles. The first kappa shape index (κ1) is 21.6. The second kappa shape index (κ2) is 8.97. The Balaban J connectivity index is 1.19. The van der Waals surface area contributed by atoms with Crippen molar-refractivity contribution >= 4 is 23.4 Å². The van der Waals surface area contributed by atoms with Crippen LogP contribution in [0.4, 0.5) is 5.69 Å². The highest BCUT2D eigenvalue weighted by molar-refractivity contribution is 6.08. The zero-order chi connectivity index (χ0) is 22.9. The number of piperazine rings is 1. The van der Waals surface area contributed by atoms with Crippen LogP contribution >= 0.6 is 0 Å². The van der Waals surface area contributed by atoms with Gasteiger partial charge in [0.1, 0.15) is 0 Å². The van der Waals surface area contributed by atoms with Gasteiger partial charge < -0.3 is 15.5 Å². The third-order valence-corrected chi connectivity index (χ3v) is 6.41. The lowest BCUT2D eigenvalue weighted by molar-refractivity contribution is -0.134. The number of hydrogen-bond donors (Lipinski definition) is 2. The molecule has 2 saturated carbocycles. The minimum absolute atomic E-state index is 0.216. The molecule has 0 spiro atoms. The first-order valence-electron chi connectivity index (χ1n) is 11.7. The zero-order valence-electron chi connectivity index (χ0n) is 18.9. The highest BCUT2D eigenvalue weighted by Gasteiger charge is 2.34. The lowest BCUT2D eigenvalue weighted by Gasteiger charge is -2.35. The van der Waals surface area contributed by atoms with Crippen LogP contribution in [-0.2, 0) is 18.4 Å². The monoisotopic (exact) mass is 450 g/mol. The Morgan fingerprint density at radius 1 is 1.03 bits per heavy atom.